The van der Waals surface area contributed by atoms with Crippen molar-refractivity contribution in [1.82, 2.24) is 9.97 Å². The Labute approximate surface area is 208 Å². The lowest BCUT2D eigenvalue weighted by molar-refractivity contribution is 0.317. The molecule has 1 aromatic heterocycles. The summed E-state index contributed by atoms with van der Waals surface area (Å²) in [5, 5.41) is 10.8. The number of anilines is 2. The monoisotopic (exact) mass is 520 g/mol. The molecule has 0 aliphatic heterocycles. The third-order valence-corrected chi connectivity index (χ3v) is 6.15. The topological polar surface area (TPSA) is 175 Å². The van der Waals surface area contributed by atoms with Gasteiger partial charge in [0, 0.05) is 18.2 Å². The fourth-order valence-electron chi connectivity index (χ4n) is 3.50. The van der Waals surface area contributed by atoms with Gasteiger partial charge in [0.05, 0.1) is 27.9 Å². The van der Waals surface area contributed by atoms with E-state index in [0.717, 1.165) is 5.56 Å². The molecule has 0 aliphatic rings. The van der Waals surface area contributed by atoms with Crippen molar-refractivity contribution >= 4 is 21.9 Å². The number of methoxy groups -OCH3 is 3. The second-order valence-electron chi connectivity index (χ2n) is 7.51. The summed E-state index contributed by atoms with van der Waals surface area (Å²) in [4.78, 5) is 8.32. The fourth-order valence-corrected chi connectivity index (χ4v) is 4.24. The second-order valence-corrected chi connectivity index (χ2v) is 9.02. The van der Waals surface area contributed by atoms with Crippen molar-refractivity contribution < 1.29 is 37.0 Å². The first-order valence-corrected chi connectivity index (χ1v) is 12.2. The molecule has 0 saturated heterocycles. The van der Waals surface area contributed by atoms with E-state index in [9.17, 15) is 18.1 Å². The SMILES string of the molecule is CCOc1cc([C@H](Nc2ncc(Cc3cc(OC)c(OC)c(OC)c3)c(N)n2)S(=O)(=O)O)ccc1O. The maximum atomic E-state index is 12.1. The molecule has 2 aromatic carbocycles. The van der Waals surface area contributed by atoms with Crippen LogP contribution in [0.1, 0.15) is 29.0 Å². The lowest BCUT2D eigenvalue weighted by Gasteiger charge is -2.18. The summed E-state index contributed by atoms with van der Waals surface area (Å²) in [5.74, 6) is 1.25. The number of ether oxygens (including phenoxy) is 4. The van der Waals surface area contributed by atoms with Crippen molar-refractivity contribution in [3.05, 3.63) is 53.2 Å². The lowest BCUT2D eigenvalue weighted by atomic mass is 10.1. The molecule has 0 amide bonds. The fraction of sp³-hybridized carbons (Fsp3) is 0.304. The summed E-state index contributed by atoms with van der Waals surface area (Å²) in [6.45, 7) is 1.95. The van der Waals surface area contributed by atoms with Gasteiger partial charge in [-0.3, -0.25) is 4.55 Å². The van der Waals surface area contributed by atoms with Crippen LogP contribution >= 0.6 is 0 Å². The van der Waals surface area contributed by atoms with E-state index in [1.807, 2.05) is 0 Å². The molecule has 5 N–H and O–H groups in total. The first-order chi connectivity index (χ1) is 17.1. The molecule has 13 heteroatoms. The molecular formula is C23H28N4O8S. The molecule has 1 atom stereocenters. The molecule has 0 radical (unpaired) electrons. The average molecular weight is 521 g/mol. The molecule has 0 spiro atoms. The molecule has 0 fully saturated rings. The van der Waals surface area contributed by atoms with Crippen LogP contribution in [-0.4, -0.2) is 56.0 Å². The Morgan fingerprint density at radius 1 is 1.06 bits per heavy atom. The van der Waals surface area contributed by atoms with Gasteiger partial charge in [-0.15, -0.1) is 0 Å². The summed E-state index contributed by atoms with van der Waals surface area (Å²) in [6.07, 6.45) is 1.76. The van der Waals surface area contributed by atoms with E-state index in [1.165, 1.54) is 45.7 Å². The van der Waals surface area contributed by atoms with Gasteiger partial charge in [0.2, 0.25) is 11.7 Å². The lowest BCUT2D eigenvalue weighted by Crippen LogP contribution is -2.22. The molecule has 0 saturated carbocycles. The molecular weight excluding hydrogens is 492 g/mol. The highest BCUT2D eigenvalue weighted by Gasteiger charge is 2.27. The van der Waals surface area contributed by atoms with E-state index in [-0.39, 0.29) is 35.4 Å². The van der Waals surface area contributed by atoms with Gasteiger partial charge >= 0.3 is 0 Å². The number of nitrogens with zero attached hydrogens (tertiary/aromatic N) is 2. The Morgan fingerprint density at radius 3 is 2.25 bits per heavy atom. The first kappa shape index (κ1) is 26.6. The largest absolute Gasteiger partial charge is 0.504 e. The van der Waals surface area contributed by atoms with Gasteiger partial charge in [-0.25, -0.2) is 4.98 Å². The number of phenols is 1. The number of nitrogens with one attached hydrogen (secondary N) is 1. The van der Waals surface area contributed by atoms with Crippen molar-refractivity contribution in [2.24, 2.45) is 0 Å². The Morgan fingerprint density at radius 2 is 1.72 bits per heavy atom. The van der Waals surface area contributed by atoms with E-state index in [0.29, 0.717) is 29.2 Å². The Kier molecular flexibility index (Phi) is 8.27. The van der Waals surface area contributed by atoms with Gasteiger partial charge in [-0.05, 0) is 42.3 Å². The predicted molar refractivity (Wildman–Crippen MR) is 133 cm³/mol. The van der Waals surface area contributed by atoms with E-state index in [4.69, 9.17) is 24.7 Å². The molecule has 1 heterocycles. The summed E-state index contributed by atoms with van der Waals surface area (Å²) >= 11 is 0. The van der Waals surface area contributed by atoms with Gasteiger partial charge in [0.1, 0.15) is 5.82 Å². The van der Waals surface area contributed by atoms with Crippen LogP contribution in [0.5, 0.6) is 28.7 Å². The highest BCUT2D eigenvalue weighted by molar-refractivity contribution is 7.86. The highest BCUT2D eigenvalue weighted by atomic mass is 32.2. The van der Waals surface area contributed by atoms with Crippen molar-refractivity contribution in [3.8, 4) is 28.7 Å². The maximum Gasteiger partial charge on any atom is 0.290 e. The molecule has 3 aromatic rings. The smallest absolute Gasteiger partial charge is 0.290 e. The number of phenolic OH excluding ortho intramolecular Hbond substituents is 1. The van der Waals surface area contributed by atoms with Gasteiger partial charge in [0.15, 0.2) is 28.4 Å². The Balaban J connectivity index is 1.89. The van der Waals surface area contributed by atoms with Crippen LogP contribution in [0.3, 0.4) is 0 Å². The number of hydrogen-bond donors (Lipinski definition) is 4. The summed E-state index contributed by atoms with van der Waals surface area (Å²) in [7, 11) is -0.136. The quantitative estimate of drug-likeness (QED) is 0.272. The van der Waals surface area contributed by atoms with Crippen LogP contribution in [0, 0.1) is 0 Å². The molecule has 3 rings (SSSR count). The van der Waals surface area contributed by atoms with Crippen LogP contribution in [0.2, 0.25) is 0 Å². The van der Waals surface area contributed by atoms with Gasteiger partial charge in [-0.2, -0.15) is 13.4 Å². The van der Waals surface area contributed by atoms with E-state index in [2.05, 4.69) is 15.3 Å². The van der Waals surface area contributed by atoms with Crippen LogP contribution in [-0.2, 0) is 16.5 Å². The van der Waals surface area contributed by atoms with E-state index < -0.39 is 15.5 Å². The minimum absolute atomic E-state index is 0.0616. The number of rotatable bonds is 11. The summed E-state index contributed by atoms with van der Waals surface area (Å²) < 4.78 is 55.5. The number of nitrogen functional groups attached to an aromatic ring is 1. The van der Waals surface area contributed by atoms with Crippen molar-refractivity contribution in [3.63, 3.8) is 0 Å². The summed E-state index contributed by atoms with van der Waals surface area (Å²) in [5.41, 5.74) is 7.57. The van der Waals surface area contributed by atoms with Crippen molar-refractivity contribution in [1.29, 1.82) is 0 Å². The predicted octanol–water partition coefficient (Wildman–Crippen LogP) is 2.78. The zero-order chi connectivity index (χ0) is 26.5. The Bertz CT molecular complexity index is 1310. The minimum Gasteiger partial charge on any atom is -0.504 e. The third-order valence-electron chi connectivity index (χ3n) is 5.16. The van der Waals surface area contributed by atoms with Gasteiger partial charge in [-0.1, -0.05) is 6.07 Å². The maximum absolute atomic E-state index is 12.1. The van der Waals surface area contributed by atoms with Crippen molar-refractivity contribution in [2.75, 3.05) is 39.0 Å². The van der Waals surface area contributed by atoms with Crippen LogP contribution in [0.4, 0.5) is 11.8 Å². The molecule has 12 nitrogen and oxygen atoms in total. The first-order valence-electron chi connectivity index (χ1n) is 10.7. The number of benzene rings is 2. The van der Waals surface area contributed by atoms with Crippen LogP contribution < -0.4 is 30.0 Å². The average Bonchev–Trinajstić information content (AvgIpc) is 2.84. The zero-order valence-corrected chi connectivity index (χ0v) is 21.0. The minimum atomic E-state index is -4.66. The molecule has 194 valence electrons. The normalized spacial score (nSPS) is 12.0. The number of nitrogens with two attached hydrogens (primary N) is 1. The number of aromatic hydroxyl groups is 1. The van der Waals surface area contributed by atoms with Gasteiger partial charge in [0.25, 0.3) is 10.1 Å². The van der Waals surface area contributed by atoms with E-state index in [1.54, 1.807) is 19.1 Å². The molecule has 36 heavy (non-hydrogen) atoms. The highest BCUT2D eigenvalue weighted by Crippen LogP contribution is 2.39. The molecule has 0 unspecified atom stereocenters. The second kappa shape index (κ2) is 11.2. The van der Waals surface area contributed by atoms with Gasteiger partial charge < -0.3 is 35.1 Å². The standard InChI is InChI=1S/C23H28N4O8S/c1-5-35-17-11-14(6-7-16(17)28)22(36(29,30)31)27-23-25-12-15(21(24)26-23)8-13-9-18(32-2)20(34-4)19(10-13)33-3/h6-7,9-12,22,28H,5,8H2,1-4H3,(H,29,30,31)(H3,24,25,26,27)/t22-/m1/s1. The zero-order valence-electron chi connectivity index (χ0n) is 20.2. The number of hydrogen-bond acceptors (Lipinski definition) is 11. The Hall–Kier alpha value is -3.97. The van der Waals surface area contributed by atoms with Crippen LogP contribution in [0.25, 0.3) is 0 Å². The molecule has 0 aliphatic carbocycles. The van der Waals surface area contributed by atoms with Crippen LogP contribution in [0.15, 0.2) is 36.5 Å². The third kappa shape index (κ3) is 5.98. The van der Waals surface area contributed by atoms with Crippen molar-refractivity contribution in [2.45, 2.75) is 18.7 Å². The summed E-state index contributed by atoms with van der Waals surface area (Å²) in [6, 6.07) is 7.41. The molecule has 0 bridgehead atoms. The van der Waals surface area contributed by atoms with E-state index >= 15 is 0 Å². The number of aromatic nitrogens is 2.